The van der Waals surface area contributed by atoms with Gasteiger partial charge in [-0.1, -0.05) is 11.6 Å². The molecule has 2 heterocycles. The number of nitrogens with zero attached hydrogens (tertiary/aromatic N) is 2. The summed E-state index contributed by atoms with van der Waals surface area (Å²) >= 11 is 0. The molecule has 3 nitrogen and oxygen atoms in total. The summed E-state index contributed by atoms with van der Waals surface area (Å²) in [5.74, 6) is 0. The van der Waals surface area contributed by atoms with Crippen LogP contribution in [0.15, 0.2) is 24.4 Å². The predicted molar refractivity (Wildman–Crippen MR) is 65.5 cm³/mol. The fourth-order valence-corrected chi connectivity index (χ4v) is 2.43. The van der Waals surface area contributed by atoms with Gasteiger partial charge in [-0.2, -0.15) is 5.10 Å². The van der Waals surface area contributed by atoms with Crippen molar-refractivity contribution in [2.75, 3.05) is 6.54 Å². The van der Waals surface area contributed by atoms with E-state index >= 15 is 0 Å². The molecule has 0 aliphatic carbocycles. The van der Waals surface area contributed by atoms with E-state index in [-0.39, 0.29) is 0 Å². The molecule has 3 rings (SSSR count). The van der Waals surface area contributed by atoms with Crippen LogP contribution >= 0.6 is 0 Å². The fraction of sp³-hybridized carbons (Fsp3) is 0.462. The standard InChI is InChI=1S/C13H17N3/c1-10-4-5-13-11(7-10)8-16(15-13)9-12-3-2-6-14-12/h4-5,7-8,12,14H,2-3,6,9H2,1H3. The first-order valence-electron chi connectivity index (χ1n) is 5.98. The van der Waals surface area contributed by atoms with Gasteiger partial charge in [-0.05, 0) is 38.4 Å². The minimum absolute atomic E-state index is 0.607. The van der Waals surface area contributed by atoms with Crippen LogP contribution in [-0.4, -0.2) is 22.4 Å². The molecular weight excluding hydrogens is 198 g/mol. The quantitative estimate of drug-likeness (QED) is 0.831. The van der Waals surface area contributed by atoms with Crippen LogP contribution in [0.25, 0.3) is 10.9 Å². The number of hydrogen-bond acceptors (Lipinski definition) is 2. The maximum absolute atomic E-state index is 4.59. The molecular formula is C13H17N3. The van der Waals surface area contributed by atoms with Crippen LogP contribution in [0.4, 0.5) is 0 Å². The predicted octanol–water partition coefficient (Wildman–Crippen LogP) is 2.10. The van der Waals surface area contributed by atoms with Gasteiger partial charge >= 0.3 is 0 Å². The van der Waals surface area contributed by atoms with Gasteiger partial charge in [0.25, 0.3) is 0 Å². The Bertz CT molecular complexity index is 495. The summed E-state index contributed by atoms with van der Waals surface area (Å²) in [7, 11) is 0. The molecule has 1 aromatic carbocycles. The number of fused-ring (bicyclic) bond motifs is 1. The molecule has 0 bridgehead atoms. The Hall–Kier alpha value is -1.35. The molecule has 84 valence electrons. The summed E-state index contributed by atoms with van der Waals surface area (Å²) in [5, 5.41) is 9.34. The molecule has 1 fully saturated rings. The third-order valence-corrected chi connectivity index (χ3v) is 3.28. The molecule has 1 N–H and O–H groups in total. The van der Waals surface area contributed by atoms with Crippen molar-refractivity contribution in [3.8, 4) is 0 Å². The van der Waals surface area contributed by atoms with Crippen LogP contribution in [-0.2, 0) is 6.54 Å². The Morgan fingerprint density at radius 2 is 2.44 bits per heavy atom. The molecule has 1 saturated heterocycles. The molecule has 1 aliphatic heterocycles. The highest BCUT2D eigenvalue weighted by atomic mass is 15.3. The molecule has 1 aromatic heterocycles. The van der Waals surface area contributed by atoms with Gasteiger partial charge < -0.3 is 5.32 Å². The lowest BCUT2D eigenvalue weighted by molar-refractivity contribution is 0.479. The number of nitrogens with one attached hydrogen (secondary N) is 1. The fourth-order valence-electron chi connectivity index (χ4n) is 2.43. The first-order valence-corrected chi connectivity index (χ1v) is 5.98. The Morgan fingerprint density at radius 3 is 3.25 bits per heavy atom. The second kappa shape index (κ2) is 3.91. The summed E-state index contributed by atoms with van der Waals surface area (Å²) < 4.78 is 2.08. The Morgan fingerprint density at radius 1 is 1.50 bits per heavy atom. The first-order chi connectivity index (χ1) is 7.81. The lowest BCUT2D eigenvalue weighted by Gasteiger charge is -2.09. The van der Waals surface area contributed by atoms with Gasteiger partial charge in [-0.3, -0.25) is 4.68 Å². The first kappa shape index (κ1) is 9.85. The molecule has 3 heteroatoms. The van der Waals surface area contributed by atoms with Gasteiger partial charge in [-0.15, -0.1) is 0 Å². The highest BCUT2D eigenvalue weighted by Gasteiger charge is 2.14. The average molecular weight is 215 g/mol. The highest BCUT2D eigenvalue weighted by molar-refractivity contribution is 5.78. The summed E-state index contributed by atoms with van der Waals surface area (Å²) in [6, 6.07) is 7.02. The summed E-state index contributed by atoms with van der Waals surface area (Å²) in [4.78, 5) is 0. The number of aromatic nitrogens is 2. The number of rotatable bonds is 2. The summed E-state index contributed by atoms with van der Waals surface area (Å²) in [6.45, 7) is 4.27. The lowest BCUT2D eigenvalue weighted by atomic mass is 10.2. The van der Waals surface area contributed by atoms with Crippen LogP contribution < -0.4 is 5.32 Å². The maximum Gasteiger partial charge on any atom is 0.0923 e. The largest absolute Gasteiger partial charge is 0.312 e. The molecule has 0 amide bonds. The van der Waals surface area contributed by atoms with E-state index < -0.39 is 0 Å². The Labute approximate surface area is 95.5 Å². The number of aryl methyl sites for hydroxylation is 1. The van der Waals surface area contributed by atoms with Crippen molar-refractivity contribution in [1.82, 2.24) is 15.1 Å². The normalized spacial score (nSPS) is 20.7. The van der Waals surface area contributed by atoms with E-state index in [0.717, 1.165) is 18.6 Å². The Balaban J connectivity index is 1.86. The average Bonchev–Trinajstić information content (AvgIpc) is 2.86. The van der Waals surface area contributed by atoms with E-state index in [2.05, 4.69) is 46.4 Å². The molecule has 1 unspecified atom stereocenters. The lowest BCUT2D eigenvalue weighted by Crippen LogP contribution is -2.26. The molecule has 0 radical (unpaired) electrons. The van der Waals surface area contributed by atoms with Crippen molar-refractivity contribution < 1.29 is 0 Å². The van der Waals surface area contributed by atoms with Gasteiger partial charge in [0, 0.05) is 17.6 Å². The van der Waals surface area contributed by atoms with Crippen LogP contribution in [0.3, 0.4) is 0 Å². The minimum atomic E-state index is 0.607. The van der Waals surface area contributed by atoms with Gasteiger partial charge in [0.05, 0.1) is 12.1 Å². The topological polar surface area (TPSA) is 29.9 Å². The molecule has 1 aliphatic rings. The monoisotopic (exact) mass is 215 g/mol. The summed E-state index contributed by atoms with van der Waals surface area (Å²) in [6.07, 6.45) is 4.72. The molecule has 2 aromatic rings. The zero-order chi connectivity index (χ0) is 11.0. The van der Waals surface area contributed by atoms with E-state index in [1.54, 1.807) is 0 Å². The Kier molecular flexibility index (Phi) is 2.40. The van der Waals surface area contributed by atoms with Crippen molar-refractivity contribution in [2.45, 2.75) is 32.4 Å². The third kappa shape index (κ3) is 1.83. The van der Waals surface area contributed by atoms with E-state index in [9.17, 15) is 0 Å². The number of benzene rings is 1. The van der Waals surface area contributed by atoms with Crippen LogP contribution in [0.5, 0.6) is 0 Å². The van der Waals surface area contributed by atoms with Gasteiger partial charge in [0.15, 0.2) is 0 Å². The minimum Gasteiger partial charge on any atom is -0.312 e. The molecule has 0 saturated carbocycles. The van der Waals surface area contributed by atoms with Gasteiger partial charge in [0.2, 0.25) is 0 Å². The third-order valence-electron chi connectivity index (χ3n) is 3.28. The van der Waals surface area contributed by atoms with Crippen molar-refractivity contribution in [2.24, 2.45) is 0 Å². The van der Waals surface area contributed by atoms with Gasteiger partial charge in [0.1, 0.15) is 0 Å². The molecule has 16 heavy (non-hydrogen) atoms. The van der Waals surface area contributed by atoms with Crippen molar-refractivity contribution in [3.05, 3.63) is 30.0 Å². The van der Waals surface area contributed by atoms with Crippen molar-refractivity contribution in [1.29, 1.82) is 0 Å². The maximum atomic E-state index is 4.59. The molecule has 0 spiro atoms. The molecule has 1 atom stereocenters. The van der Waals surface area contributed by atoms with Crippen LogP contribution in [0.1, 0.15) is 18.4 Å². The second-order valence-corrected chi connectivity index (χ2v) is 4.71. The van der Waals surface area contributed by atoms with E-state index in [0.29, 0.717) is 6.04 Å². The SMILES string of the molecule is Cc1ccc2nn(CC3CCCN3)cc2c1. The smallest absolute Gasteiger partial charge is 0.0923 e. The van der Waals surface area contributed by atoms with Crippen LogP contribution in [0, 0.1) is 6.92 Å². The summed E-state index contributed by atoms with van der Waals surface area (Å²) in [5.41, 5.74) is 2.40. The van der Waals surface area contributed by atoms with Gasteiger partial charge in [-0.25, -0.2) is 0 Å². The number of hydrogen-bond donors (Lipinski definition) is 1. The second-order valence-electron chi connectivity index (χ2n) is 4.71. The van der Waals surface area contributed by atoms with Crippen molar-refractivity contribution >= 4 is 10.9 Å². The van der Waals surface area contributed by atoms with Crippen molar-refractivity contribution in [3.63, 3.8) is 0 Å². The van der Waals surface area contributed by atoms with E-state index in [1.807, 2.05) is 0 Å². The zero-order valence-corrected chi connectivity index (χ0v) is 9.61. The zero-order valence-electron chi connectivity index (χ0n) is 9.61. The van der Waals surface area contributed by atoms with E-state index in [1.165, 1.54) is 23.8 Å². The van der Waals surface area contributed by atoms with E-state index in [4.69, 9.17) is 0 Å². The highest BCUT2D eigenvalue weighted by Crippen LogP contribution is 2.15. The van der Waals surface area contributed by atoms with Crippen LogP contribution in [0.2, 0.25) is 0 Å².